The zero-order valence-corrected chi connectivity index (χ0v) is 11.9. The average molecular weight is 262 g/mol. The lowest BCUT2D eigenvalue weighted by molar-refractivity contribution is 0.0660. The molecule has 0 spiro atoms. The van der Waals surface area contributed by atoms with Crippen molar-refractivity contribution in [3.8, 4) is 0 Å². The molecule has 1 amide bonds. The van der Waals surface area contributed by atoms with Crippen LogP contribution in [0.15, 0.2) is 12.1 Å². The molecule has 1 aromatic heterocycles. The van der Waals surface area contributed by atoms with Gasteiger partial charge in [0.15, 0.2) is 5.69 Å². The van der Waals surface area contributed by atoms with E-state index in [1.54, 1.807) is 19.2 Å². The Morgan fingerprint density at radius 1 is 1.32 bits per heavy atom. The van der Waals surface area contributed by atoms with Gasteiger partial charge in [-0.3, -0.25) is 4.79 Å². The van der Waals surface area contributed by atoms with Crippen LogP contribution in [0.4, 0.5) is 5.82 Å². The van der Waals surface area contributed by atoms with E-state index in [0.29, 0.717) is 17.4 Å². The lowest BCUT2D eigenvalue weighted by Crippen LogP contribution is -2.39. The van der Waals surface area contributed by atoms with Crippen LogP contribution in [0.3, 0.4) is 0 Å². The van der Waals surface area contributed by atoms with Gasteiger partial charge in [-0.2, -0.15) is 0 Å². The molecule has 1 saturated heterocycles. The Kier molecular flexibility index (Phi) is 4.35. The molecule has 0 aromatic carbocycles. The highest BCUT2D eigenvalue weighted by atomic mass is 16.2. The lowest BCUT2D eigenvalue weighted by Gasteiger charge is -2.33. The molecule has 1 aromatic rings. The van der Waals surface area contributed by atoms with Crippen molar-refractivity contribution in [3.05, 3.63) is 17.8 Å². The summed E-state index contributed by atoms with van der Waals surface area (Å²) in [4.78, 5) is 14.2. The van der Waals surface area contributed by atoms with Gasteiger partial charge in [0.25, 0.3) is 5.91 Å². The van der Waals surface area contributed by atoms with Crippen LogP contribution >= 0.6 is 0 Å². The van der Waals surface area contributed by atoms with Crippen molar-refractivity contribution in [3.63, 3.8) is 0 Å². The number of piperidine rings is 1. The van der Waals surface area contributed by atoms with E-state index in [-0.39, 0.29) is 5.91 Å². The normalized spacial score (nSPS) is 16.7. The molecule has 19 heavy (non-hydrogen) atoms. The fourth-order valence-corrected chi connectivity index (χ4v) is 2.51. The molecule has 0 radical (unpaired) electrons. The molecule has 2 heterocycles. The Morgan fingerprint density at radius 3 is 2.47 bits per heavy atom. The van der Waals surface area contributed by atoms with Gasteiger partial charge in [-0.05, 0) is 36.8 Å². The summed E-state index contributed by atoms with van der Waals surface area (Å²) in [5.74, 6) is 2.11. The molecule has 104 valence electrons. The maximum Gasteiger partial charge on any atom is 0.274 e. The molecule has 1 aliphatic heterocycles. The van der Waals surface area contributed by atoms with E-state index < -0.39 is 0 Å². The highest BCUT2D eigenvalue weighted by Crippen LogP contribution is 2.25. The summed E-state index contributed by atoms with van der Waals surface area (Å²) in [6.07, 6.45) is 2.18. The first-order chi connectivity index (χ1) is 9.11. The van der Waals surface area contributed by atoms with E-state index in [1.165, 1.54) is 0 Å². The van der Waals surface area contributed by atoms with Crippen LogP contribution in [-0.2, 0) is 0 Å². The number of aromatic nitrogens is 2. The van der Waals surface area contributed by atoms with Crippen molar-refractivity contribution in [1.82, 2.24) is 15.1 Å². The second kappa shape index (κ2) is 5.99. The van der Waals surface area contributed by atoms with Crippen LogP contribution in [0.2, 0.25) is 0 Å². The minimum Gasteiger partial charge on any atom is -0.372 e. The van der Waals surface area contributed by atoms with E-state index in [4.69, 9.17) is 0 Å². The Bertz CT molecular complexity index is 422. The SMILES string of the molecule is CNc1ccc(C(=O)N2CCC(C(C)C)CC2)nn1. The van der Waals surface area contributed by atoms with Gasteiger partial charge in [0, 0.05) is 20.1 Å². The Hall–Kier alpha value is -1.65. The predicted octanol–water partition coefficient (Wildman–Crippen LogP) is 2.03. The third-order valence-electron chi connectivity index (χ3n) is 3.91. The number of hydrogen-bond donors (Lipinski definition) is 1. The van der Waals surface area contributed by atoms with Crippen LogP contribution in [0, 0.1) is 11.8 Å². The molecule has 0 saturated carbocycles. The van der Waals surface area contributed by atoms with Gasteiger partial charge < -0.3 is 10.2 Å². The molecule has 0 unspecified atom stereocenters. The van der Waals surface area contributed by atoms with Crippen LogP contribution < -0.4 is 5.32 Å². The molecule has 0 bridgehead atoms. The highest BCUT2D eigenvalue weighted by Gasteiger charge is 2.25. The second-order valence-corrected chi connectivity index (χ2v) is 5.43. The van der Waals surface area contributed by atoms with Gasteiger partial charge in [0.05, 0.1) is 0 Å². The van der Waals surface area contributed by atoms with Crippen LogP contribution in [0.1, 0.15) is 37.2 Å². The van der Waals surface area contributed by atoms with Gasteiger partial charge in [0.2, 0.25) is 0 Å². The van der Waals surface area contributed by atoms with Crippen molar-refractivity contribution < 1.29 is 4.79 Å². The number of nitrogens with zero attached hydrogens (tertiary/aromatic N) is 3. The maximum absolute atomic E-state index is 12.3. The summed E-state index contributed by atoms with van der Waals surface area (Å²) in [6, 6.07) is 3.51. The van der Waals surface area contributed by atoms with Crippen LogP contribution in [-0.4, -0.2) is 41.1 Å². The largest absolute Gasteiger partial charge is 0.372 e. The Morgan fingerprint density at radius 2 is 2.00 bits per heavy atom. The van der Waals surface area contributed by atoms with Crippen molar-refractivity contribution in [1.29, 1.82) is 0 Å². The molecular formula is C14H22N4O. The summed E-state index contributed by atoms with van der Waals surface area (Å²) >= 11 is 0. The topological polar surface area (TPSA) is 58.1 Å². The number of amides is 1. The van der Waals surface area contributed by atoms with E-state index >= 15 is 0 Å². The molecule has 0 aliphatic carbocycles. The fraction of sp³-hybridized carbons (Fsp3) is 0.643. The summed E-state index contributed by atoms with van der Waals surface area (Å²) in [7, 11) is 1.78. The van der Waals surface area contributed by atoms with Crippen LogP contribution in [0.5, 0.6) is 0 Å². The number of anilines is 1. The molecule has 1 N–H and O–H groups in total. The van der Waals surface area contributed by atoms with Crippen molar-refractivity contribution >= 4 is 11.7 Å². The number of hydrogen-bond acceptors (Lipinski definition) is 4. The lowest BCUT2D eigenvalue weighted by atomic mass is 9.86. The molecular weight excluding hydrogens is 240 g/mol. The summed E-state index contributed by atoms with van der Waals surface area (Å²) < 4.78 is 0. The van der Waals surface area contributed by atoms with E-state index in [2.05, 4.69) is 29.4 Å². The summed E-state index contributed by atoms with van der Waals surface area (Å²) in [5.41, 5.74) is 0.432. The van der Waals surface area contributed by atoms with E-state index in [9.17, 15) is 4.79 Å². The summed E-state index contributed by atoms with van der Waals surface area (Å²) in [6.45, 7) is 6.17. The Balaban J connectivity index is 1.97. The van der Waals surface area contributed by atoms with Gasteiger partial charge in [-0.15, -0.1) is 10.2 Å². The smallest absolute Gasteiger partial charge is 0.274 e. The fourth-order valence-electron chi connectivity index (χ4n) is 2.51. The first-order valence-electron chi connectivity index (χ1n) is 6.92. The zero-order valence-electron chi connectivity index (χ0n) is 11.9. The number of carbonyl (C=O) groups excluding carboxylic acids is 1. The van der Waals surface area contributed by atoms with Crippen molar-refractivity contribution in [2.24, 2.45) is 11.8 Å². The monoisotopic (exact) mass is 262 g/mol. The standard InChI is InChI=1S/C14H22N4O/c1-10(2)11-6-8-18(9-7-11)14(19)12-4-5-13(15-3)17-16-12/h4-5,10-11H,6-9H2,1-3H3,(H,15,17). The molecule has 2 rings (SSSR count). The zero-order chi connectivity index (χ0) is 13.8. The summed E-state index contributed by atoms with van der Waals surface area (Å²) in [5, 5.41) is 10.8. The first-order valence-corrected chi connectivity index (χ1v) is 6.92. The van der Waals surface area contributed by atoms with Gasteiger partial charge in [-0.1, -0.05) is 13.8 Å². The maximum atomic E-state index is 12.3. The number of nitrogens with one attached hydrogen (secondary N) is 1. The average Bonchev–Trinajstić information content (AvgIpc) is 2.46. The minimum absolute atomic E-state index is 0.00245. The molecule has 1 fully saturated rings. The third-order valence-corrected chi connectivity index (χ3v) is 3.91. The van der Waals surface area contributed by atoms with E-state index in [0.717, 1.165) is 31.8 Å². The van der Waals surface area contributed by atoms with Crippen LogP contribution in [0.25, 0.3) is 0 Å². The quantitative estimate of drug-likeness (QED) is 0.905. The molecule has 5 heteroatoms. The molecule has 5 nitrogen and oxygen atoms in total. The predicted molar refractivity (Wildman–Crippen MR) is 75.0 cm³/mol. The number of carbonyl (C=O) groups is 1. The van der Waals surface area contributed by atoms with Gasteiger partial charge >= 0.3 is 0 Å². The first kappa shape index (κ1) is 13.8. The minimum atomic E-state index is -0.00245. The third kappa shape index (κ3) is 3.22. The molecule has 1 aliphatic rings. The Labute approximate surface area is 114 Å². The van der Waals surface area contributed by atoms with Gasteiger partial charge in [0.1, 0.15) is 5.82 Å². The molecule has 0 atom stereocenters. The number of rotatable bonds is 3. The van der Waals surface area contributed by atoms with Gasteiger partial charge in [-0.25, -0.2) is 0 Å². The van der Waals surface area contributed by atoms with E-state index in [1.807, 2.05) is 4.90 Å². The van der Waals surface area contributed by atoms with Crippen molar-refractivity contribution in [2.75, 3.05) is 25.5 Å². The number of likely N-dealkylation sites (tertiary alicyclic amines) is 1. The second-order valence-electron chi connectivity index (χ2n) is 5.43. The highest BCUT2D eigenvalue weighted by molar-refractivity contribution is 5.92. The van der Waals surface area contributed by atoms with Crippen molar-refractivity contribution in [2.45, 2.75) is 26.7 Å².